The van der Waals surface area contributed by atoms with Crippen LogP contribution in [-0.4, -0.2) is 30.7 Å². The summed E-state index contributed by atoms with van der Waals surface area (Å²) in [6, 6.07) is 7.56. The number of aryl methyl sites for hydroxylation is 1. The summed E-state index contributed by atoms with van der Waals surface area (Å²) in [4.78, 5) is 8.96. The minimum absolute atomic E-state index is 0.556. The number of hydrogen-bond acceptors (Lipinski definition) is 6. The number of nitrogens with zero attached hydrogens (tertiary/aromatic N) is 2. The minimum atomic E-state index is 0.556. The van der Waals surface area contributed by atoms with Gasteiger partial charge in [-0.25, -0.2) is 4.98 Å². The number of unbranched alkanes of at least 4 members (excludes halogenated alkanes) is 2. The highest BCUT2D eigenvalue weighted by Gasteiger charge is 2.07. The average Bonchev–Trinajstić information content (AvgIpc) is 2.58. The van der Waals surface area contributed by atoms with E-state index in [0.29, 0.717) is 17.4 Å². The van der Waals surface area contributed by atoms with Crippen LogP contribution in [0.4, 0.5) is 17.5 Å². The number of benzene rings is 1. The zero-order valence-electron chi connectivity index (χ0n) is 14.8. The van der Waals surface area contributed by atoms with Gasteiger partial charge in [0.05, 0.1) is 14.2 Å². The van der Waals surface area contributed by atoms with Crippen molar-refractivity contribution in [2.45, 2.75) is 33.1 Å². The highest BCUT2D eigenvalue weighted by molar-refractivity contribution is 5.60. The molecule has 1 aromatic heterocycles. The maximum absolute atomic E-state index is 5.32. The van der Waals surface area contributed by atoms with E-state index in [9.17, 15) is 0 Å². The number of aromatic nitrogens is 2. The van der Waals surface area contributed by atoms with Crippen molar-refractivity contribution in [2.24, 2.45) is 0 Å². The number of anilines is 3. The van der Waals surface area contributed by atoms with E-state index in [1.165, 1.54) is 12.8 Å². The van der Waals surface area contributed by atoms with Gasteiger partial charge in [0.1, 0.15) is 5.82 Å². The second kappa shape index (κ2) is 8.96. The fraction of sp³-hybridized carbons (Fsp3) is 0.444. The Kier molecular flexibility index (Phi) is 6.66. The molecule has 0 unspecified atom stereocenters. The van der Waals surface area contributed by atoms with Crippen molar-refractivity contribution in [3.8, 4) is 11.5 Å². The van der Waals surface area contributed by atoms with E-state index in [0.717, 1.165) is 30.2 Å². The Hall–Kier alpha value is -2.50. The van der Waals surface area contributed by atoms with Gasteiger partial charge >= 0.3 is 0 Å². The molecule has 6 heteroatoms. The van der Waals surface area contributed by atoms with E-state index in [2.05, 4.69) is 27.5 Å². The van der Waals surface area contributed by atoms with E-state index in [4.69, 9.17) is 9.47 Å². The number of rotatable bonds is 9. The van der Waals surface area contributed by atoms with Crippen LogP contribution >= 0.6 is 0 Å². The van der Waals surface area contributed by atoms with Gasteiger partial charge in [0.15, 0.2) is 11.5 Å². The van der Waals surface area contributed by atoms with Gasteiger partial charge in [-0.2, -0.15) is 4.98 Å². The molecule has 0 atom stereocenters. The molecule has 0 spiro atoms. The Morgan fingerprint density at radius 3 is 2.50 bits per heavy atom. The second-order valence-corrected chi connectivity index (χ2v) is 5.55. The largest absolute Gasteiger partial charge is 0.493 e. The summed E-state index contributed by atoms with van der Waals surface area (Å²) in [6.45, 7) is 5.07. The van der Waals surface area contributed by atoms with Gasteiger partial charge in [0.2, 0.25) is 5.95 Å². The van der Waals surface area contributed by atoms with Crippen LogP contribution in [0.5, 0.6) is 11.5 Å². The van der Waals surface area contributed by atoms with Gasteiger partial charge in [-0.1, -0.05) is 19.8 Å². The Labute approximate surface area is 143 Å². The molecule has 0 radical (unpaired) electrons. The lowest BCUT2D eigenvalue weighted by Gasteiger charge is -2.12. The summed E-state index contributed by atoms with van der Waals surface area (Å²) in [5, 5.41) is 6.57. The third kappa shape index (κ3) is 5.01. The van der Waals surface area contributed by atoms with Gasteiger partial charge < -0.3 is 20.1 Å². The smallest absolute Gasteiger partial charge is 0.229 e. The third-order valence-electron chi connectivity index (χ3n) is 3.58. The van der Waals surface area contributed by atoms with Crippen LogP contribution in [0.1, 0.15) is 31.9 Å². The first-order valence-corrected chi connectivity index (χ1v) is 8.25. The Bertz CT molecular complexity index is 661. The van der Waals surface area contributed by atoms with Crippen molar-refractivity contribution in [3.63, 3.8) is 0 Å². The van der Waals surface area contributed by atoms with Crippen LogP contribution < -0.4 is 20.1 Å². The Morgan fingerprint density at radius 2 is 1.79 bits per heavy atom. The molecule has 0 bridgehead atoms. The molecule has 6 nitrogen and oxygen atoms in total. The van der Waals surface area contributed by atoms with E-state index in [-0.39, 0.29) is 0 Å². The molecule has 1 aromatic carbocycles. The highest BCUT2D eigenvalue weighted by Crippen LogP contribution is 2.30. The SMILES string of the molecule is CCCCCNc1cc(C)nc(Nc2ccc(OC)c(OC)c2)n1. The van der Waals surface area contributed by atoms with Crippen LogP contribution in [-0.2, 0) is 0 Å². The van der Waals surface area contributed by atoms with Gasteiger partial charge in [-0.15, -0.1) is 0 Å². The molecule has 1 heterocycles. The lowest BCUT2D eigenvalue weighted by molar-refractivity contribution is 0.355. The lowest BCUT2D eigenvalue weighted by Crippen LogP contribution is -2.07. The van der Waals surface area contributed by atoms with Crippen molar-refractivity contribution in [3.05, 3.63) is 30.0 Å². The molecule has 0 aliphatic carbocycles. The van der Waals surface area contributed by atoms with Crippen molar-refractivity contribution < 1.29 is 9.47 Å². The molecule has 2 N–H and O–H groups in total. The summed E-state index contributed by atoms with van der Waals surface area (Å²) < 4.78 is 10.6. The topological polar surface area (TPSA) is 68.3 Å². The summed E-state index contributed by atoms with van der Waals surface area (Å²) in [5.41, 5.74) is 1.75. The van der Waals surface area contributed by atoms with E-state index < -0.39 is 0 Å². The predicted octanol–water partition coefficient (Wildman–Crippen LogP) is 4.15. The van der Waals surface area contributed by atoms with Crippen LogP contribution in [0, 0.1) is 6.92 Å². The molecule has 0 aliphatic heterocycles. The number of nitrogens with one attached hydrogen (secondary N) is 2. The highest BCUT2D eigenvalue weighted by atomic mass is 16.5. The molecule has 2 aromatic rings. The molecular formula is C18H26N4O2. The lowest BCUT2D eigenvalue weighted by atomic mass is 10.2. The standard InChI is InChI=1S/C18H26N4O2/c1-5-6-7-10-19-17-11-13(2)20-18(22-17)21-14-8-9-15(23-3)16(12-14)24-4/h8-9,11-12H,5-7,10H2,1-4H3,(H2,19,20,21,22). The van der Waals surface area contributed by atoms with Gasteiger partial charge in [0.25, 0.3) is 0 Å². The quantitative estimate of drug-likeness (QED) is 0.673. The summed E-state index contributed by atoms with van der Waals surface area (Å²) >= 11 is 0. The molecule has 0 saturated heterocycles. The van der Waals surface area contributed by atoms with Crippen molar-refractivity contribution >= 4 is 17.5 Å². The molecule has 24 heavy (non-hydrogen) atoms. The zero-order valence-corrected chi connectivity index (χ0v) is 14.8. The van der Waals surface area contributed by atoms with Crippen LogP contribution in [0.2, 0.25) is 0 Å². The molecule has 130 valence electrons. The summed E-state index contributed by atoms with van der Waals surface area (Å²) in [7, 11) is 3.23. The molecule has 0 fully saturated rings. The van der Waals surface area contributed by atoms with E-state index in [1.54, 1.807) is 14.2 Å². The van der Waals surface area contributed by atoms with Gasteiger partial charge in [0, 0.05) is 30.1 Å². The van der Waals surface area contributed by atoms with Gasteiger partial charge in [-0.3, -0.25) is 0 Å². The Balaban J connectivity index is 2.10. The monoisotopic (exact) mass is 330 g/mol. The van der Waals surface area contributed by atoms with Crippen LogP contribution in [0.15, 0.2) is 24.3 Å². The first kappa shape index (κ1) is 17.8. The van der Waals surface area contributed by atoms with Crippen LogP contribution in [0.25, 0.3) is 0 Å². The molecule has 2 rings (SSSR count). The van der Waals surface area contributed by atoms with Gasteiger partial charge in [-0.05, 0) is 25.5 Å². The second-order valence-electron chi connectivity index (χ2n) is 5.55. The van der Waals surface area contributed by atoms with Crippen molar-refractivity contribution in [1.29, 1.82) is 0 Å². The van der Waals surface area contributed by atoms with E-state index in [1.807, 2.05) is 31.2 Å². The zero-order chi connectivity index (χ0) is 17.4. The first-order valence-electron chi connectivity index (χ1n) is 8.25. The predicted molar refractivity (Wildman–Crippen MR) is 97.6 cm³/mol. The molecule has 0 aliphatic rings. The maximum atomic E-state index is 5.32. The third-order valence-corrected chi connectivity index (χ3v) is 3.58. The van der Waals surface area contributed by atoms with Crippen molar-refractivity contribution in [2.75, 3.05) is 31.4 Å². The fourth-order valence-corrected chi connectivity index (χ4v) is 2.35. The normalized spacial score (nSPS) is 10.3. The number of hydrogen-bond donors (Lipinski definition) is 2. The van der Waals surface area contributed by atoms with Crippen LogP contribution in [0.3, 0.4) is 0 Å². The molecule has 0 saturated carbocycles. The maximum Gasteiger partial charge on any atom is 0.229 e. The summed E-state index contributed by atoms with van der Waals surface area (Å²) in [5.74, 6) is 2.74. The Morgan fingerprint density at radius 1 is 1.00 bits per heavy atom. The average molecular weight is 330 g/mol. The first-order chi connectivity index (χ1) is 11.7. The minimum Gasteiger partial charge on any atom is -0.493 e. The summed E-state index contributed by atoms with van der Waals surface area (Å²) in [6.07, 6.45) is 3.56. The fourth-order valence-electron chi connectivity index (χ4n) is 2.35. The van der Waals surface area contributed by atoms with Crippen molar-refractivity contribution in [1.82, 2.24) is 9.97 Å². The number of methoxy groups -OCH3 is 2. The molecule has 0 amide bonds. The number of ether oxygens (including phenoxy) is 2. The molecular weight excluding hydrogens is 304 g/mol. The van der Waals surface area contributed by atoms with E-state index >= 15 is 0 Å².